The highest BCUT2D eigenvalue weighted by Crippen LogP contribution is 2.21. The first-order valence-electron chi connectivity index (χ1n) is 9.45. The van der Waals surface area contributed by atoms with E-state index in [2.05, 4.69) is 33.1 Å². The Morgan fingerprint density at radius 3 is 1.85 bits per heavy atom. The molecule has 1 nitrogen and oxygen atoms in total. The first-order valence-corrected chi connectivity index (χ1v) is 9.45. The predicted molar refractivity (Wildman–Crippen MR) is 93.4 cm³/mol. The molecule has 0 amide bonds. The molecule has 0 saturated carbocycles. The zero-order valence-corrected chi connectivity index (χ0v) is 14.8. The van der Waals surface area contributed by atoms with E-state index >= 15 is 0 Å². The van der Waals surface area contributed by atoms with Gasteiger partial charge in [-0.3, -0.25) is 0 Å². The summed E-state index contributed by atoms with van der Waals surface area (Å²) in [6, 6.07) is 0.757. The molecule has 2 atom stereocenters. The Bertz CT molecular complexity index is 179. The maximum Gasteiger partial charge on any atom is 0.00667 e. The second kappa shape index (κ2) is 15.4. The van der Waals surface area contributed by atoms with E-state index in [1.807, 2.05) is 0 Å². The number of rotatable bonds is 15. The fourth-order valence-electron chi connectivity index (χ4n) is 3.11. The highest BCUT2D eigenvalue weighted by molar-refractivity contribution is 4.70. The molecule has 0 aromatic carbocycles. The third kappa shape index (κ3) is 11.8. The summed E-state index contributed by atoms with van der Waals surface area (Å²) in [4.78, 5) is 0. The quantitative estimate of drug-likeness (QED) is 0.347. The molecule has 2 unspecified atom stereocenters. The van der Waals surface area contributed by atoms with Gasteiger partial charge in [0, 0.05) is 6.04 Å². The number of nitrogens with one attached hydrogen (secondary N) is 1. The van der Waals surface area contributed by atoms with Crippen LogP contribution in [0.3, 0.4) is 0 Å². The Hall–Kier alpha value is -0.0400. The second-order valence-electron chi connectivity index (χ2n) is 6.55. The largest absolute Gasteiger partial charge is 0.317 e. The van der Waals surface area contributed by atoms with Gasteiger partial charge in [0.15, 0.2) is 0 Å². The molecule has 0 aliphatic rings. The zero-order chi connectivity index (χ0) is 15.1. The zero-order valence-electron chi connectivity index (χ0n) is 14.8. The van der Waals surface area contributed by atoms with Gasteiger partial charge in [-0.15, -0.1) is 0 Å². The topological polar surface area (TPSA) is 12.0 Å². The normalized spacial score (nSPS) is 14.4. The van der Waals surface area contributed by atoms with E-state index in [1.54, 1.807) is 0 Å². The van der Waals surface area contributed by atoms with Gasteiger partial charge in [-0.25, -0.2) is 0 Å². The lowest BCUT2D eigenvalue weighted by Gasteiger charge is -2.22. The standard InChI is InChI=1S/C19H41N/c1-5-8-10-11-12-13-14-16-19(20-4)17-18(7-3)15-9-6-2/h18-20H,5-17H2,1-4H3. The van der Waals surface area contributed by atoms with E-state index in [4.69, 9.17) is 0 Å². The first kappa shape index (κ1) is 20.0. The molecule has 0 aliphatic heterocycles. The highest BCUT2D eigenvalue weighted by atomic mass is 14.9. The summed E-state index contributed by atoms with van der Waals surface area (Å²) in [5.41, 5.74) is 0. The van der Waals surface area contributed by atoms with Crippen LogP contribution in [-0.2, 0) is 0 Å². The van der Waals surface area contributed by atoms with Crippen molar-refractivity contribution in [2.24, 2.45) is 5.92 Å². The Morgan fingerprint density at radius 1 is 0.700 bits per heavy atom. The SMILES string of the molecule is CCCCCCCCCC(CC(CC)CCCC)NC. The third-order valence-corrected chi connectivity index (χ3v) is 4.73. The fraction of sp³-hybridized carbons (Fsp3) is 1.00. The molecule has 0 rings (SSSR count). The van der Waals surface area contributed by atoms with Gasteiger partial charge in [0.05, 0.1) is 0 Å². The molecule has 122 valence electrons. The molecule has 0 aromatic heterocycles. The van der Waals surface area contributed by atoms with Crippen LogP contribution in [0.25, 0.3) is 0 Å². The van der Waals surface area contributed by atoms with E-state index in [9.17, 15) is 0 Å². The summed E-state index contributed by atoms with van der Waals surface area (Å²) in [7, 11) is 2.15. The molecule has 0 saturated heterocycles. The Labute approximate surface area is 129 Å². The van der Waals surface area contributed by atoms with Crippen LogP contribution in [0.5, 0.6) is 0 Å². The third-order valence-electron chi connectivity index (χ3n) is 4.73. The second-order valence-corrected chi connectivity index (χ2v) is 6.55. The van der Waals surface area contributed by atoms with Crippen LogP contribution in [0.15, 0.2) is 0 Å². The number of hydrogen-bond donors (Lipinski definition) is 1. The van der Waals surface area contributed by atoms with Crippen molar-refractivity contribution < 1.29 is 0 Å². The number of hydrogen-bond acceptors (Lipinski definition) is 1. The van der Waals surface area contributed by atoms with E-state index in [0.29, 0.717) is 0 Å². The van der Waals surface area contributed by atoms with Gasteiger partial charge < -0.3 is 5.32 Å². The molecule has 1 N–H and O–H groups in total. The first-order chi connectivity index (χ1) is 9.78. The molecule has 0 radical (unpaired) electrons. The highest BCUT2D eigenvalue weighted by Gasteiger charge is 2.13. The lowest BCUT2D eigenvalue weighted by Crippen LogP contribution is -2.27. The van der Waals surface area contributed by atoms with Crippen LogP contribution >= 0.6 is 0 Å². The van der Waals surface area contributed by atoms with Crippen LogP contribution in [0.1, 0.15) is 104 Å². The van der Waals surface area contributed by atoms with Gasteiger partial charge in [0.1, 0.15) is 0 Å². The summed E-state index contributed by atoms with van der Waals surface area (Å²) in [6.45, 7) is 6.96. The minimum Gasteiger partial charge on any atom is -0.317 e. The van der Waals surface area contributed by atoms with Gasteiger partial charge in [0.25, 0.3) is 0 Å². The van der Waals surface area contributed by atoms with Gasteiger partial charge in [0.2, 0.25) is 0 Å². The molecule has 0 heterocycles. The Balaban J connectivity index is 3.63. The summed E-state index contributed by atoms with van der Waals surface area (Å²) >= 11 is 0. The molecule has 0 aliphatic carbocycles. The predicted octanol–water partition coefficient (Wildman–Crippen LogP) is 6.32. The van der Waals surface area contributed by atoms with Crippen molar-refractivity contribution in [1.82, 2.24) is 5.32 Å². The monoisotopic (exact) mass is 283 g/mol. The lowest BCUT2D eigenvalue weighted by atomic mass is 9.90. The average molecular weight is 284 g/mol. The smallest absolute Gasteiger partial charge is 0.00667 e. The summed E-state index contributed by atoms with van der Waals surface area (Å²) in [5.74, 6) is 0.942. The van der Waals surface area contributed by atoms with Crippen LogP contribution in [0.2, 0.25) is 0 Å². The molecule has 0 spiro atoms. The van der Waals surface area contributed by atoms with Crippen molar-refractivity contribution in [1.29, 1.82) is 0 Å². The molecule has 20 heavy (non-hydrogen) atoms. The van der Waals surface area contributed by atoms with Crippen molar-refractivity contribution in [2.45, 2.75) is 110 Å². The van der Waals surface area contributed by atoms with Crippen molar-refractivity contribution in [3.05, 3.63) is 0 Å². The number of unbranched alkanes of at least 4 members (excludes halogenated alkanes) is 7. The maximum atomic E-state index is 3.55. The molecular formula is C19H41N. The summed E-state index contributed by atoms with van der Waals surface area (Å²) in [5, 5.41) is 3.55. The van der Waals surface area contributed by atoms with E-state index < -0.39 is 0 Å². The van der Waals surface area contributed by atoms with Gasteiger partial charge in [-0.05, 0) is 25.8 Å². The van der Waals surface area contributed by atoms with Crippen LogP contribution < -0.4 is 5.32 Å². The van der Waals surface area contributed by atoms with Crippen molar-refractivity contribution >= 4 is 0 Å². The van der Waals surface area contributed by atoms with Crippen LogP contribution in [-0.4, -0.2) is 13.1 Å². The molecule has 0 fully saturated rings. The molecular weight excluding hydrogens is 242 g/mol. The fourth-order valence-corrected chi connectivity index (χ4v) is 3.11. The van der Waals surface area contributed by atoms with Crippen LogP contribution in [0.4, 0.5) is 0 Å². The van der Waals surface area contributed by atoms with Crippen molar-refractivity contribution in [3.8, 4) is 0 Å². The minimum absolute atomic E-state index is 0.757. The average Bonchev–Trinajstić information content (AvgIpc) is 2.48. The van der Waals surface area contributed by atoms with E-state index in [1.165, 1.54) is 83.5 Å². The molecule has 0 aromatic rings. The van der Waals surface area contributed by atoms with E-state index in [0.717, 1.165) is 12.0 Å². The van der Waals surface area contributed by atoms with Gasteiger partial charge >= 0.3 is 0 Å². The Kier molecular flexibility index (Phi) is 15.3. The molecule has 0 bridgehead atoms. The minimum atomic E-state index is 0.757. The molecule has 1 heteroatoms. The van der Waals surface area contributed by atoms with Crippen molar-refractivity contribution in [2.75, 3.05) is 7.05 Å². The summed E-state index contributed by atoms with van der Waals surface area (Å²) in [6.07, 6.45) is 18.3. The van der Waals surface area contributed by atoms with Gasteiger partial charge in [-0.2, -0.15) is 0 Å². The van der Waals surface area contributed by atoms with Crippen LogP contribution in [0, 0.1) is 5.92 Å². The van der Waals surface area contributed by atoms with E-state index in [-0.39, 0.29) is 0 Å². The Morgan fingerprint density at radius 2 is 1.30 bits per heavy atom. The van der Waals surface area contributed by atoms with Crippen molar-refractivity contribution in [3.63, 3.8) is 0 Å². The lowest BCUT2D eigenvalue weighted by molar-refractivity contribution is 0.342. The maximum absolute atomic E-state index is 3.55. The van der Waals surface area contributed by atoms with Gasteiger partial charge in [-0.1, -0.05) is 91.4 Å². The summed E-state index contributed by atoms with van der Waals surface area (Å²) < 4.78 is 0.